The van der Waals surface area contributed by atoms with E-state index in [0.717, 1.165) is 18.1 Å². The van der Waals surface area contributed by atoms with Gasteiger partial charge in [0.2, 0.25) is 0 Å². The lowest BCUT2D eigenvalue weighted by molar-refractivity contribution is 0.340. The number of halogens is 1. The summed E-state index contributed by atoms with van der Waals surface area (Å²) in [6.45, 7) is 2.71. The SMILES string of the molecule is CCOc1ccc(C(Cl)CC2CCCC2)cc1. The molecule has 0 radical (unpaired) electrons. The topological polar surface area (TPSA) is 9.23 Å². The first-order valence-corrected chi connectivity index (χ1v) is 7.10. The van der Waals surface area contributed by atoms with Crippen LogP contribution in [0.25, 0.3) is 0 Å². The van der Waals surface area contributed by atoms with Crippen LogP contribution in [-0.4, -0.2) is 6.61 Å². The minimum atomic E-state index is 0.161. The number of rotatable bonds is 5. The van der Waals surface area contributed by atoms with E-state index in [-0.39, 0.29) is 5.38 Å². The Morgan fingerprint density at radius 3 is 2.47 bits per heavy atom. The Hall–Kier alpha value is -0.690. The zero-order valence-electron chi connectivity index (χ0n) is 10.5. The second-order valence-electron chi connectivity index (χ2n) is 4.86. The van der Waals surface area contributed by atoms with Crippen LogP contribution in [0, 0.1) is 5.92 Å². The molecule has 94 valence electrons. The molecule has 0 amide bonds. The van der Waals surface area contributed by atoms with Crippen molar-refractivity contribution in [3.05, 3.63) is 29.8 Å². The zero-order valence-corrected chi connectivity index (χ0v) is 11.2. The van der Waals surface area contributed by atoms with E-state index in [9.17, 15) is 0 Å². The second kappa shape index (κ2) is 6.30. The molecule has 0 aromatic heterocycles. The Labute approximate surface area is 109 Å². The van der Waals surface area contributed by atoms with E-state index >= 15 is 0 Å². The molecular weight excluding hydrogens is 232 g/mol. The van der Waals surface area contributed by atoms with Crippen LogP contribution in [0.3, 0.4) is 0 Å². The average Bonchev–Trinajstić information content (AvgIpc) is 2.83. The molecule has 0 spiro atoms. The molecule has 1 unspecified atom stereocenters. The van der Waals surface area contributed by atoms with Crippen LogP contribution in [0.1, 0.15) is 50.0 Å². The van der Waals surface area contributed by atoms with E-state index in [1.807, 2.05) is 19.1 Å². The summed E-state index contributed by atoms with van der Waals surface area (Å²) < 4.78 is 5.43. The van der Waals surface area contributed by atoms with Gasteiger partial charge in [0.1, 0.15) is 5.75 Å². The van der Waals surface area contributed by atoms with Crippen LogP contribution in [0.4, 0.5) is 0 Å². The molecule has 1 aliphatic carbocycles. The molecule has 1 saturated carbocycles. The van der Waals surface area contributed by atoms with Gasteiger partial charge in [-0.15, -0.1) is 11.6 Å². The first-order valence-electron chi connectivity index (χ1n) is 6.66. The van der Waals surface area contributed by atoms with Crippen LogP contribution >= 0.6 is 11.6 Å². The monoisotopic (exact) mass is 252 g/mol. The van der Waals surface area contributed by atoms with Gasteiger partial charge in [-0.25, -0.2) is 0 Å². The number of hydrogen-bond donors (Lipinski definition) is 0. The lowest BCUT2D eigenvalue weighted by Gasteiger charge is -2.15. The molecule has 1 nitrogen and oxygen atoms in total. The zero-order chi connectivity index (χ0) is 12.1. The number of hydrogen-bond acceptors (Lipinski definition) is 1. The van der Waals surface area contributed by atoms with Gasteiger partial charge in [0.15, 0.2) is 0 Å². The summed E-state index contributed by atoms with van der Waals surface area (Å²) in [5.74, 6) is 1.77. The predicted molar refractivity (Wildman–Crippen MR) is 72.8 cm³/mol. The van der Waals surface area contributed by atoms with Crippen LogP contribution in [0.2, 0.25) is 0 Å². The van der Waals surface area contributed by atoms with E-state index in [2.05, 4.69) is 12.1 Å². The van der Waals surface area contributed by atoms with Crippen LogP contribution in [0.15, 0.2) is 24.3 Å². The molecule has 1 aromatic rings. The van der Waals surface area contributed by atoms with Crippen molar-refractivity contribution in [2.24, 2.45) is 5.92 Å². The number of benzene rings is 1. The molecule has 1 atom stereocenters. The van der Waals surface area contributed by atoms with Crippen molar-refractivity contribution < 1.29 is 4.74 Å². The molecule has 1 aliphatic rings. The van der Waals surface area contributed by atoms with Crippen LogP contribution in [-0.2, 0) is 0 Å². The van der Waals surface area contributed by atoms with E-state index in [1.54, 1.807) is 0 Å². The number of ether oxygens (including phenoxy) is 1. The first-order chi connectivity index (χ1) is 8.29. The summed E-state index contributed by atoms with van der Waals surface area (Å²) in [7, 11) is 0. The molecule has 1 aromatic carbocycles. The second-order valence-corrected chi connectivity index (χ2v) is 5.38. The highest BCUT2D eigenvalue weighted by molar-refractivity contribution is 6.20. The fraction of sp³-hybridized carbons (Fsp3) is 0.600. The summed E-state index contributed by atoms with van der Waals surface area (Å²) in [6, 6.07) is 8.22. The Balaban J connectivity index is 1.91. The van der Waals surface area contributed by atoms with Gasteiger partial charge < -0.3 is 4.74 Å². The summed E-state index contributed by atoms with van der Waals surface area (Å²) in [5.41, 5.74) is 1.22. The Morgan fingerprint density at radius 1 is 1.24 bits per heavy atom. The molecule has 0 aliphatic heterocycles. The molecule has 0 heterocycles. The Morgan fingerprint density at radius 2 is 1.88 bits per heavy atom. The van der Waals surface area contributed by atoms with Crippen molar-refractivity contribution in [1.29, 1.82) is 0 Å². The fourth-order valence-corrected chi connectivity index (χ4v) is 3.01. The largest absolute Gasteiger partial charge is 0.494 e. The Kier molecular flexibility index (Phi) is 4.73. The lowest BCUT2D eigenvalue weighted by Crippen LogP contribution is -2.00. The smallest absolute Gasteiger partial charge is 0.119 e. The maximum Gasteiger partial charge on any atom is 0.119 e. The molecule has 17 heavy (non-hydrogen) atoms. The van der Waals surface area contributed by atoms with E-state index < -0.39 is 0 Å². The number of alkyl halides is 1. The summed E-state index contributed by atoms with van der Waals surface area (Å²) >= 11 is 6.47. The first kappa shape index (κ1) is 12.8. The molecule has 2 rings (SSSR count). The van der Waals surface area contributed by atoms with E-state index in [4.69, 9.17) is 16.3 Å². The van der Waals surface area contributed by atoms with Crippen molar-refractivity contribution >= 4 is 11.6 Å². The standard InChI is InChI=1S/C15H21ClO/c1-2-17-14-9-7-13(8-10-14)15(16)11-12-5-3-4-6-12/h7-10,12,15H,2-6,11H2,1H3. The van der Waals surface area contributed by atoms with Gasteiger partial charge in [-0.05, 0) is 37.0 Å². The minimum absolute atomic E-state index is 0.161. The lowest BCUT2D eigenvalue weighted by atomic mass is 9.98. The Bertz CT molecular complexity index is 327. The van der Waals surface area contributed by atoms with Crippen molar-refractivity contribution in [3.8, 4) is 5.75 Å². The third-order valence-corrected chi connectivity index (χ3v) is 4.00. The predicted octanol–water partition coefficient (Wildman–Crippen LogP) is 4.95. The maximum atomic E-state index is 6.47. The van der Waals surface area contributed by atoms with Gasteiger partial charge in [0.05, 0.1) is 12.0 Å². The molecule has 0 bridgehead atoms. The van der Waals surface area contributed by atoms with Crippen molar-refractivity contribution in [2.75, 3.05) is 6.61 Å². The van der Waals surface area contributed by atoms with Gasteiger partial charge in [0.25, 0.3) is 0 Å². The van der Waals surface area contributed by atoms with E-state index in [1.165, 1.54) is 31.2 Å². The molecule has 0 saturated heterocycles. The van der Waals surface area contributed by atoms with Crippen LogP contribution < -0.4 is 4.74 Å². The van der Waals surface area contributed by atoms with Gasteiger partial charge in [-0.2, -0.15) is 0 Å². The summed E-state index contributed by atoms with van der Waals surface area (Å²) in [5, 5.41) is 0.161. The molecule has 2 heteroatoms. The molecular formula is C15H21ClO. The highest BCUT2D eigenvalue weighted by Gasteiger charge is 2.19. The normalized spacial score (nSPS) is 18.2. The highest BCUT2D eigenvalue weighted by Crippen LogP contribution is 2.36. The molecule has 0 N–H and O–H groups in total. The minimum Gasteiger partial charge on any atom is -0.494 e. The third kappa shape index (κ3) is 3.64. The van der Waals surface area contributed by atoms with Crippen molar-refractivity contribution in [2.45, 2.75) is 44.4 Å². The fourth-order valence-electron chi connectivity index (χ4n) is 2.61. The van der Waals surface area contributed by atoms with Gasteiger partial charge in [-0.3, -0.25) is 0 Å². The quantitative estimate of drug-likeness (QED) is 0.674. The van der Waals surface area contributed by atoms with Crippen molar-refractivity contribution in [1.82, 2.24) is 0 Å². The summed E-state index contributed by atoms with van der Waals surface area (Å²) in [6.07, 6.45) is 6.62. The highest BCUT2D eigenvalue weighted by atomic mass is 35.5. The van der Waals surface area contributed by atoms with Gasteiger partial charge in [-0.1, -0.05) is 37.8 Å². The third-order valence-electron chi connectivity index (χ3n) is 3.57. The van der Waals surface area contributed by atoms with E-state index in [0.29, 0.717) is 6.61 Å². The van der Waals surface area contributed by atoms with Crippen LogP contribution in [0.5, 0.6) is 5.75 Å². The summed E-state index contributed by atoms with van der Waals surface area (Å²) in [4.78, 5) is 0. The molecule has 1 fully saturated rings. The van der Waals surface area contributed by atoms with Crippen molar-refractivity contribution in [3.63, 3.8) is 0 Å². The van der Waals surface area contributed by atoms with Gasteiger partial charge in [0, 0.05) is 0 Å². The maximum absolute atomic E-state index is 6.47. The average molecular weight is 253 g/mol. The van der Waals surface area contributed by atoms with Gasteiger partial charge >= 0.3 is 0 Å².